The highest BCUT2D eigenvalue weighted by Crippen LogP contribution is 2.17. The lowest BCUT2D eigenvalue weighted by molar-refractivity contribution is -0.132. The van der Waals surface area contributed by atoms with Gasteiger partial charge in [-0.3, -0.25) is 4.79 Å². The molecular weight excluding hydrogens is 220 g/mol. The molecule has 5 nitrogen and oxygen atoms in total. The van der Waals surface area contributed by atoms with Crippen LogP contribution in [0.5, 0.6) is 0 Å². The van der Waals surface area contributed by atoms with Crippen molar-refractivity contribution >= 4 is 5.91 Å². The summed E-state index contributed by atoms with van der Waals surface area (Å²) in [5.41, 5.74) is 5.45. The molecule has 2 aliphatic heterocycles. The van der Waals surface area contributed by atoms with Crippen LogP contribution in [0.25, 0.3) is 0 Å². The summed E-state index contributed by atoms with van der Waals surface area (Å²) in [4.78, 5) is 13.6. The molecule has 2 unspecified atom stereocenters. The second kappa shape index (κ2) is 6.33. The molecule has 2 rings (SSSR count). The van der Waals surface area contributed by atoms with Crippen LogP contribution in [0.2, 0.25) is 0 Å². The van der Waals surface area contributed by atoms with Crippen LogP contribution in [0.3, 0.4) is 0 Å². The van der Waals surface area contributed by atoms with Gasteiger partial charge in [0.1, 0.15) is 0 Å². The molecule has 1 amide bonds. The Labute approximate surface area is 102 Å². The lowest BCUT2D eigenvalue weighted by atomic mass is 10.2. The predicted octanol–water partition coefficient (Wildman–Crippen LogP) is 0.132. The van der Waals surface area contributed by atoms with Crippen molar-refractivity contribution in [3.05, 3.63) is 0 Å². The van der Waals surface area contributed by atoms with Crippen LogP contribution >= 0.6 is 0 Å². The molecule has 2 saturated heterocycles. The second-order valence-corrected chi connectivity index (χ2v) is 4.77. The van der Waals surface area contributed by atoms with Gasteiger partial charge in [-0.05, 0) is 25.7 Å². The lowest BCUT2D eigenvalue weighted by Gasteiger charge is -2.27. The van der Waals surface area contributed by atoms with Crippen molar-refractivity contribution in [2.75, 3.05) is 32.8 Å². The van der Waals surface area contributed by atoms with Crippen LogP contribution in [-0.2, 0) is 14.3 Å². The molecule has 0 aromatic rings. The Morgan fingerprint density at radius 1 is 1.12 bits per heavy atom. The summed E-state index contributed by atoms with van der Waals surface area (Å²) in [5, 5.41) is 0. The minimum absolute atomic E-state index is 0.00370. The number of amides is 1. The quantitative estimate of drug-likeness (QED) is 0.744. The third-order valence-corrected chi connectivity index (χ3v) is 3.42. The molecule has 0 saturated carbocycles. The van der Waals surface area contributed by atoms with E-state index >= 15 is 0 Å². The van der Waals surface area contributed by atoms with Gasteiger partial charge in [-0.1, -0.05) is 0 Å². The summed E-state index contributed by atoms with van der Waals surface area (Å²) >= 11 is 0. The van der Waals surface area contributed by atoms with Crippen molar-refractivity contribution in [2.24, 2.45) is 5.73 Å². The standard InChI is InChI=1S/C12H22N2O3/c13-7-12(15)14(8-10-3-1-5-16-10)9-11-4-2-6-17-11/h10-11H,1-9,13H2. The van der Waals surface area contributed by atoms with Crippen LogP contribution in [0.1, 0.15) is 25.7 Å². The Bertz CT molecular complexity index is 230. The first-order valence-corrected chi connectivity index (χ1v) is 6.50. The van der Waals surface area contributed by atoms with Crippen molar-refractivity contribution in [2.45, 2.75) is 37.9 Å². The fourth-order valence-electron chi connectivity index (χ4n) is 2.48. The third-order valence-electron chi connectivity index (χ3n) is 3.42. The van der Waals surface area contributed by atoms with Crippen molar-refractivity contribution in [1.82, 2.24) is 4.90 Å². The molecule has 98 valence electrons. The average molecular weight is 242 g/mol. The third kappa shape index (κ3) is 3.66. The van der Waals surface area contributed by atoms with Crippen molar-refractivity contribution in [3.8, 4) is 0 Å². The Morgan fingerprint density at radius 2 is 1.65 bits per heavy atom. The number of carbonyl (C=O) groups is 1. The fraction of sp³-hybridized carbons (Fsp3) is 0.917. The number of rotatable bonds is 5. The molecule has 17 heavy (non-hydrogen) atoms. The Kier molecular flexibility index (Phi) is 4.76. The first-order chi connectivity index (χ1) is 8.29. The SMILES string of the molecule is NCC(=O)N(CC1CCCO1)CC1CCCO1. The first kappa shape index (κ1) is 12.8. The average Bonchev–Trinajstić information content (AvgIpc) is 3.00. The van der Waals surface area contributed by atoms with Gasteiger partial charge in [0.05, 0.1) is 18.8 Å². The van der Waals surface area contributed by atoms with E-state index in [9.17, 15) is 4.79 Å². The van der Waals surface area contributed by atoms with Gasteiger partial charge < -0.3 is 20.1 Å². The summed E-state index contributed by atoms with van der Waals surface area (Å²) in [7, 11) is 0. The van der Waals surface area contributed by atoms with Gasteiger partial charge in [0.25, 0.3) is 0 Å². The van der Waals surface area contributed by atoms with Crippen LogP contribution in [-0.4, -0.2) is 55.9 Å². The number of hydrogen-bond acceptors (Lipinski definition) is 4. The molecule has 0 spiro atoms. The zero-order valence-electron chi connectivity index (χ0n) is 10.3. The minimum atomic E-state index is -0.00370. The van der Waals surface area contributed by atoms with Gasteiger partial charge in [0.2, 0.25) is 5.91 Å². The maximum atomic E-state index is 11.8. The van der Waals surface area contributed by atoms with E-state index < -0.39 is 0 Å². The Balaban J connectivity index is 1.84. The molecule has 0 radical (unpaired) electrons. The highest BCUT2D eigenvalue weighted by Gasteiger charge is 2.25. The molecule has 2 fully saturated rings. The summed E-state index contributed by atoms with van der Waals surface area (Å²) in [6.45, 7) is 3.02. The first-order valence-electron chi connectivity index (χ1n) is 6.50. The fourth-order valence-corrected chi connectivity index (χ4v) is 2.48. The largest absolute Gasteiger partial charge is 0.376 e. The van der Waals surface area contributed by atoms with Crippen molar-refractivity contribution in [3.63, 3.8) is 0 Å². The summed E-state index contributed by atoms with van der Waals surface area (Å²) in [6, 6.07) is 0. The molecule has 5 heteroatoms. The normalized spacial score (nSPS) is 28.5. The second-order valence-electron chi connectivity index (χ2n) is 4.77. The number of nitrogens with zero attached hydrogens (tertiary/aromatic N) is 1. The van der Waals surface area contributed by atoms with E-state index in [1.807, 2.05) is 4.90 Å². The Morgan fingerprint density at radius 3 is 2.00 bits per heavy atom. The molecule has 2 aliphatic rings. The van der Waals surface area contributed by atoms with Gasteiger partial charge in [-0.15, -0.1) is 0 Å². The minimum Gasteiger partial charge on any atom is -0.376 e. The molecular formula is C12H22N2O3. The predicted molar refractivity (Wildman–Crippen MR) is 63.6 cm³/mol. The van der Waals surface area contributed by atoms with Crippen LogP contribution in [0.15, 0.2) is 0 Å². The highest BCUT2D eigenvalue weighted by atomic mass is 16.5. The maximum Gasteiger partial charge on any atom is 0.236 e. The van der Waals surface area contributed by atoms with E-state index in [2.05, 4.69) is 0 Å². The molecule has 2 heterocycles. The van der Waals surface area contributed by atoms with Gasteiger partial charge in [-0.2, -0.15) is 0 Å². The number of carbonyl (C=O) groups excluding carboxylic acids is 1. The number of ether oxygens (including phenoxy) is 2. The summed E-state index contributed by atoms with van der Waals surface area (Å²) < 4.78 is 11.1. The Hall–Kier alpha value is -0.650. The van der Waals surface area contributed by atoms with E-state index in [4.69, 9.17) is 15.2 Å². The smallest absolute Gasteiger partial charge is 0.236 e. The van der Waals surface area contributed by atoms with E-state index in [1.165, 1.54) is 0 Å². The lowest BCUT2D eigenvalue weighted by Crippen LogP contribution is -2.44. The van der Waals surface area contributed by atoms with Gasteiger partial charge in [-0.25, -0.2) is 0 Å². The molecule has 0 aromatic carbocycles. The van der Waals surface area contributed by atoms with E-state index in [0.29, 0.717) is 13.1 Å². The topological polar surface area (TPSA) is 64.8 Å². The zero-order chi connectivity index (χ0) is 12.1. The molecule has 2 N–H and O–H groups in total. The molecule has 0 aliphatic carbocycles. The molecule has 0 aromatic heterocycles. The summed E-state index contributed by atoms with van der Waals surface area (Å²) in [6.07, 6.45) is 4.64. The van der Waals surface area contributed by atoms with Crippen LogP contribution in [0, 0.1) is 0 Å². The van der Waals surface area contributed by atoms with Gasteiger partial charge in [0.15, 0.2) is 0 Å². The van der Waals surface area contributed by atoms with Gasteiger partial charge in [0, 0.05) is 26.3 Å². The van der Waals surface area contributed by atoms with Crippen molar-refractivity contribution in [1.29, 1.82) is 0 Å². The van der Waals surface area contributed by atoms with Crippen LogP contribution < -0.4 is 5.73 Å². The number of nitrogens with two attached hydrogens (primary N) is 1. The van der Waals surface area contributed by atoms with Gasteiger partial charge >= 0.3 is 0 Å². The highest BCUT2D eigenvalue weighted by molar-refractivity contribution is 5.78. The molecule has 0 bridgehead atoms. The van der Waals surface area contributed by atoms with E-state index in [1.54, 1.807) is 0 Å². The maximum absolute atomic E-state index is 11.8. The number of hydrogen-bond donors (Lipinski definition) is 1. The monoisotopic (exact) mass is 242 g/mol. The zero-order valence-corrected chi connectivity index (χ0v) is 10.3. The molecule has 2 atom stereocenters. The van der Waals surface area contributed by atoms with Crippen molar-refractivity contribution < 1.29 is 14.3 Å². The van der Waals surface area contributed by atoms with E-state index in [0.717, 1.165) is 38.9 Å². The van der Waals surface area contributed by atoms with E-state index in [-0.39, 0.29) is 24.7 Å². The van der Waals surface area contributed by atoms with Crippen LogP contribution in [0.4, 0.5) is 0 Å². The summed E-state index contributed by atoms with van der Waals surface area (Å²) in [5.74, 6) is -0.00370.